The molecule has 0 aliphatic rings. The van der Waals surface area contributed by atoms with E-state index in [4.69, 9.17) is 0 Å². The third-order valence-electron chi connectivity index (χ3n) is 4.51. The number of aromatic nitrogens is 2. The van der Waals surface area contributed by atoms with Crippen LogP contribution in [-0.2, 0) is 24.3 Å². The Balaban J connectivity index is 1.73. The number of hydrogen-bond donors (Lipinski definition) is 1. The van der Waals surface area contributed by atoms with Crippen molar-refractivity contribution in [3.63, 3.8) is 0 Å². The largest absolute Gasteiger partial charge is 0.390 e. The number of nitrogens with zero attached hydrogens (tertiary/aromatic N) is 2. The molecule has 0 atom stereocenters. The Kier molecular flexibility index (Phi) is 6.02. The van der Waals surface area contributed by atoms with E-state index in [-0.39, 0.29) is 17.8 Å². The van der Waals surface area contributed by atoms with Crippen LogP contribution in [0.5, 0.6) is 0 Å². The smallest absolute Gasteiger partial charge is 0.168 e. The molecule has 27 heavy (non-hydrogen) atoms. The van der Waals surface area contributed by atoms with E-state index < -0.39 is 0 Å². The zero-order valence-electron chi connectivity index (χ0n) is 15.9. The molecule has 2 aromatic carbocycles. The van der Waals surface area contributed by atoms with Gasteiger partial charge in [-0.2, -0.15) is 0 Å². The summed E-state index contributed by atoms with van der Waals surface area (Å²) in [6.07, 6.45) is 1.70. The van der Waals surface area contributed by atoms with E-state index in [9.17, 15) is 9.50 Å². The number of hydrogen-bond acceptors (Lipinski definition) is 3. The van der Waals surface area contributed by atoms with Crippen molar-refractivity contribution in [2.24, 2.45) is 0 Å². The van der Waals surface area contributed by atoms with Gasteiger partial charge in [-0.1, -0.05) is 68.9 Å². The fraction of sp³-hybridized carbons (Fsp3) is 0.318. The van der Waals surface area contributed by atoms with E-state index in [0.29, 0.717) is 6.54 Å². The van der Waals surface area contributed by atoms with Crippen molar-refractivity contribution in [1.82, 2.24) is 9.55 Å². The summed E-state index contributed by atoms with van der Waals surface area (Å²) in [6, 6.07) is 15.1. The molecule has 1 N–H and O–H groups in total. The lowest BCUT2D eigenvalue weighted by atomic mass is 9.87. The number of imidazole rings is 1. The van der Waals surface area contributed by atoms with Gasteiger partial charge in [-0.15, -0.1) is 0 Å². The summed E-state index contributed by atoms with van der Waals surface area (Å²) in [5, 5.41) is 10.5. The van der Waals surface area contributed by atoms with Gasteiger partial charge in [-0.3, -0.25) is 0 Å². The molecule has 5 heteroatoms. The molecule has 0 bridgehead atoms. The standard InChI is InChI=1S/C22H25FN2OS/c1-22(2,3)18-8-4-17(5-9-18)15-27-21-24-12-20(14-26)25(21)13-16-6-10-19(23)11-7-16/h4-12,26H,13-15H2,1-3H3. The first-order valence-electron chi connectivity index (χ1n) is 8.99. The predicted octanol–water partition coefficient (Wildman–Crippen LogP) is 5.15. The second kappa shape index (κ2) is 8.28. The van der Waals surface area contributed by atoms with E-state index in [1.807, 2.05) is 4.57 Å². The molecule has 1 heterocycles. The Morgan fingerprint density at radius 3 is 2.22 bits per heavy atom. The topological polar surface area (TPSA) is 38.1 Å². The first-order chi connectivity index (χ1) is 12.9. The summed E-state index contributed by atoms with van der Waals surface area (Å²) in [6.45, 7) is 7.11. The second-order valence-corrected chi connectivity index (χ2v) is 8.58. The average Bonchev–Trinajstić information content (AvgIpc) is 3.03. The maximum Gasteiger partial charge on any atom is 0.168 e. The summed E-state index contributed by atoms with van der Waals surface area (Å²) in [7, 11) is 0. The number of aliphatic hydroxyl groups excluding tert-OH is 1. The lowest BCUT2D eigenvalue weighted by Gasteiger charge is -2.19. The zero-order valence-corrected chi connectivity index (χ0v) is 16.8. The third kappa shape index (κ3) is 4.99. The van der Waals surface area contributed by atoms with Gasteiger partial charge in [0.05, 0.1) is 18.5 Å². The highest BCUT2D eigenvalue weighted by molar-refractivity contribution is 7.98. The second-order valence-electron chi connectivity index (χ2n) is 7.64. The van der Waals surface area contributed by atoms with Gasteiger partial charge < -0.3 is 9.67 Å². The minimum Gasteiger partial charge on any atom is -0.390 e. The van der Waals surface area contributed by atoms with Crippen LogP contribution in [0, 0.1) is 5.82 Å². The number of aliphatic hydroxyl groups is 1. The van der Waals surface area contributed by atoms with Crippen molar-refractivity contribution in [3.8, 4) is 0 Å². The SMILES string of the molecule is CC(C)(C)c1ccc(CSc2ncc(CO)n2Cc2ccc(F)cc2)cc1. The molecular formula is C22H25FN2OS. The maximum atomic E-state index is 13.1. The Bertz CT molecular complexity index is 880. The summed E-state index contributed by atoms with van der Waals surface area (Å²) >= 11 is 1.64. The minimum absolute atomic E-state index is 0.0744. The molecule has 0 amide bonds. The highest BCUT2D eigenvalue weighted by atomic mass is 32.2. The van der Waals surface area contributed by atoms with Crippen LogP contribution in [0.3, 0.4) is 0 Å². The summed E-state index contributed by atoms with van der Waals surface area (Å²) < 4.78 is 15.1. The van der Waals surface area contributed by atoms with Crippen molar-refractivity contribution in [1.29, 1.82) is 0 Å². The highest BCUT2D eigenvalue weighted by Gasteiger charge is 2.14. The number of benzene rings is 2. The Morgan fingerprint density at radius 2 is 1.63 bits per heavy atom. The number of thioether (sulfide) groups is 1. The lowest BCUT2D eigenvalue weighted by Crippen LogP contribution is -2.10. The fourth-order valence-electron chi connectivity index (χ4n) is 2.82. The summed E-state index contributed by atoms with van der Waals surface area (Å²) in [4.78, 5) is 4.46. The van der Waals surface area contributed by atoms with E-state index in [1.54, 1.807) is 30.1 Å². The maximum absolute atomic E-state index is 13.1. The van der Waals surface area contributed by atoms with E-state index in [2.05, 4.69) is 50.0 Å². The van der Waals surface area contributed by atoms with Crippen LogP contribution < -0.4 is 0 Å². The monoisotopic (exact) mass is 384 g/mol. The van der Waals surface area contributed by atoms with Crippen LogP contribution in [-0.4, -0.2) is 14.7 Å². The van der Waals surface area contributed by atoms with Crippen molar-refractivity contribution in [3.05, 3.63) is 82.9 Å². The van der Waals surface area contributed by atoms with Crippen LogP contribution >= 0.6 is 11.8 Å². The van der Waals surface area contributed by atoms with Gasteiger partial charge >= 0.3 is 0 Å². The molecule has 1 aromatic heterocycles. The molecule has 3 nitrogen and oxygen atoms in total. The van der Waals surface area contributed by atoms with Crippen LogP contribution in [0.15, 0.2) is 59.9 Å². The zero-order chi connectivity index (χ0) is 19.4. The van der Waals surface area contributed by atoms with Crippen LogP contribution in [0.4, 0.5) is 4.39 Å². The average molecular weight is 385 g/mol. The molecule has 0 radical (unpaired) electrons. The molecule has 0 spiro atoms. The molecular weight excluding hydrogens is 359 g/mol. The highest BCUT2D eigenvalue weighted by Crippen LogP contribution is 2.27. The molecule has 0 saturated heterocycles. The molecule has 0 fully saturated rings. The number of halogens is 1. The van der Waals surface area contributed by atoms with Crippen molar-refractivity contribution >= 4 is 11.8 Å². The van der Waals surface area contributed by atoms with Gasteiger partial charge in [0.15, 0.2) is 5.16 Å². The Morgan fingerprint density at radius 1 is 1.00 bits per heavy atom. The van der Waals surface area contributed by atoms with Gasteiger partial charge in [0.25, 0.3) is 0 Å². The molecule has 142 valence electrons. The molecule has 0 unspecified atom stereocenters. The van der Waals surface area contributed by atoms with Gasteiger partial charge in [-0.05, 0) is 34.2 Å². The van der Waals surface area contributed by atoms with Gasteiger partial charge in [0, 0.05) is 12.3 Å². The van der Waals surface area contributed by atoms with Crippen LogP contribution in [0.1, 0.15) is 43.2 Å². The van der Waals surface area contributed by atoms with Crippen molar-refractivity contribution in [2.75, 3.05) is 0 Å². The van der Waals surface area contributed by atoms with Crippen LogP contribution in [0.2, 0.25) is 0 Å². The minimum atomic E-state index is -0.250. The Hall–Kier alpha value is -2.11. The molecule has 3 rings (SSSR count). The normalized spacial score (nSPS) is 11.7. The van der Waals surface area contributed by atoms with Crippen molar-refractivity contribution < 1.29 is 9.50 Å². The molecule has 0 saturated carbocycles. The quantitative estimate of drug-likeness (QED) is 0.597. The van der Waals surface area contributed by atoms with E-state index in [0.717, 1.165) is 22.2 Å². The Labute approximate surface area is 164 Å². The van der Waals surface area contributed by atoms with Gasteiger partial charge in [0.2, 0.25) is 0 Å². The molecule has 0 aliphatic carbocycles. The predicted molar refractivity (Wildman–Crippen MR) is 108 cm³/mol. The van der Waals surface area contributed by atoms with E-state index in [1.165, 1.54) is 23.3 Å². The van der Waals surface area contributed by atoms with Crippen molar-refractivity contribution in [2.45, 2.75) is 50.2 Å². The fourth-order valence-corrected chi connectivity index (χ4v) is 3.78. The van der Waals surface area contributed by atoms with Gasteiger partial charge in [-0.25, -0.2) is 9.37 Å². The van der Waals surface area contributed by atoms with E-state index >= 15 is 0 Å². The first kappa shape index (κ1) is 19.6. The molecule has 0 aliphatic heterocycles. The third-order valence-corrected chi connectivity index (χ3v) is 5.57. The number of rotatable bonds is 6. The molecule has 3 aromatic rings. The summed E-state index contributed by atoms with van der Waals surface area (Å²) in [5.41, 5.74) is 4.42. The lowest BCUT2D eigenvalue weighted by molar-refractivity contribution is 0.270. The van der Waals surface area contributed by atoms with Gasteiger partial charge in [0.1, 0.15) is 5.82 Å². The van der Waals surface area contributed by atoms with Crippen LogP contribution in [0.25, 0.3) is 0 Å². The first-order valence-corrected chi connectivity index (χ1v) is 9.97. The summed E-state index contributed by atoms with van der Waals surface area (Å²) in [5.74, 6) is 0.551.